The number of amides is 1. The van der Waals surface area contributed by atoms with E-state index in [1.807, 2.05) is 36.4 Å². The van der Waals surface area contributed by atoms with Gasteiger partial charge in [0.2, 0.25) is 0 Å². The molecule has 3 aromatic rings. The Morgan fingerprint density at radius 2 is 1.88 bits per heavy atom. The van der Waals surface area contributed by atoms with Crippen LogP contribution in [0.2, 0.25) is 10.0 Å². The van der Waals surface area contributed by atoms with E-state index in [4.69, 9.17) is 23.2 Å². The minimum absolute atomic E-state index is 0.207. The van der Waals surface area contributed by atoms with Crippen molar-refractivity contribution < 1.29 is 4.79 Å². The van der Waals surface area contributed by atoms with Crippen molar-refractivity contribution in [2.75, 3.05) is 32.7 Å². The summed E-state index contributed by atoms with van der Waals surface area (Å²) in [5.41, 5.74) is 1.87. The maximum atomic E-state index is 13.4. The van der Waals surface area contributed by atoms with Gasteiger partial charge in [-0.25, -0.2) is 0 Å². The van der Waals surface area contributed by atoms with E-state index in [2.05, 4.69) is 21.6 Å². The molecule has 0 aliphatic carbocycles. The standard InChI is InChI=1S/C26H26Cl2N4O/c27-23-8-7-20(16-24(23)28)25(6-3-11-32-12-9-30-10-13-32)31-26(33)22-15-18(17-29)14-19-4-1-2-5-21(19)22/h1-2,4-5,7-8,14-16,25,30H,3,6,9-13H2,(H,31,33). The summed E-state index contributed by atoms with van der Waals surface area (Å²) in [6.07, 6.45) is 1.70. The summed E-state index contributed by atoms with van der Waals surface area (Å²) in [6, 6.07) is 18.5. The highest BCUT2D eigenvalue weighted by molar-refractivity contribution is 6.42. The van der Waals surface area contributed by atoms with Crippen LogP contribution in [0.4, 0.5) is 0 Å². The van der Waals surface area contributed by atoms with Crippen LogP contribution in [0.1, 0.15) is 40.4 Å². The first-order valence-corrected chi connectivity index (χ1v) is 11.9. The maximum absolute atomic E-state index is 13.4. The molecule has 1 amide bonds. The van der Waals surface area contributed by atoms with E-state index < -0.39 is 0 Å². The molecule has 1 heterocycles. The van der Waals surface area contributed by atoms with Gasteiger partial charge in [-0.15, -0.1) is 0 Å². The van der Waals surface area contributed by atoms with Crippen LogP contribution in [0.15, 0.2) is 54.6 Å². The fourth-order valence-electron chi connectivity index (χ4n) is 4.30. The van der Waals surface area contributed by atoms with Crippen LogP contribution in [0.5, 0.6) is 0 Å². The van der Waals surface area contributed by atoms with Crippen LogP contribution in [-0.4, -0.2) is 43.5 Å². The quantitative estimate of drug-likeness (QED) is 0.489. The van der Waals surface area contributed by atoms with Gasteiger partial charge < -0.3 is 15.5 Å². The molecule has 1 aliphatic rings. The van der Waals surface area contributed by atoms with Gasteiger partial charge in [0, 0.05) is 31.7 Å². The van der Waals surface area contributed by atoms with Crippen LogP contribution < -0.4 is 10.6 Å². The van der Waals surface area contributed by atoms with Crippen LogP contribution in [-0.2, 0) is 0 Å². The highest BCUT2D eigenvalue weighted by Crippen LogP contribution is 2.29. The largest absolute Gasteiger partial charge is 0.345 e. The number of carbonyl (C=O) groups excluding carboxylic acids is 1. The lowest BCUT2D eigenvalue weighted by Crippen LogP contribution is -2.43. The number of fused-ring (bicyclic) bond motifs is 1. The fourth-order valence-corrected chi connectivity index (χ4v) is 4.61. The summed E-state index contributed by atoms with van der Waals surface area (Å²) >= 11 is 12.4. The Kier molecular flexibility index (Phi) is 7.85. The predicted octanol–water partition coefficient (Wildman–Crippen LogP) is 5.17. The summed E-state index contributed by atoms with van der Waals surface area (Å²) in [4.78, 5) is 15.9. The molecule has 1 unspecified atom stereocenters. The number of hydrogen-bond donors (Lipinski definition) is 2. The average molecular weight is 481 g/mol. The summed E-state index contributed by atoms with van der Waals surface area (Å²) < 4.78 is 0. The number of nitriles is 1. The topological polar surface area (TPSA) is 68.2 Å². The van der Waals surface area contributed by atoms with E-state index >= 15 is 0 Å². The van der Waals surface area contributed by atoms with E-state index in [-0.39, 0.29) is 11.9 Å². The van der Waals surface area contributed by atoms with Crippen molar-refractivity contribution in [2.24, 2.45) is 0 Å². The molecule has 1 aliphatic heterocycles. The molecule has 1 atom stereocenters. The first kappa shape index (κ1) is 23.5. The predicted molar refractivity (Wildman–Crippen MR) is 134 cm³/mol. The molecule has 5 nitrogen and oxygen atoms in total. The van der Waals surface area contributed by atoms with Crippen molar-refractivity contribution in [2.45, 2.75) is 18.9 Å². The van der Waals surface area contributed by atoms with Crippen molar-refractivity contribution in [1.82, 2.24) is 15.5 Å². The lowest BCUT2D eigenvalue weighted by Gasteiger charge is -2.28. The molecule has 170 valence electrons. The molecular weight excluding hydrogens is 455 g/mol. The van der Waals surface area contributed by atoms with Crippen molar-refractivity contribution in [3.05, 3.63) is 81.3 Å². The van der Waals surface area contributed by atoms with Gasteiger partial charge in [0.25, 0.3) is 5.91 Å². The number of halogens is 2. The minimum Gasteiger partial charge on any atom is -0.345 e. The van der Waals surface area contributed by atoms with Gasteiger partial charge in [-0.3, -0.25) is 4.79 Å². The van der Waals surface area contributed by atoms with E-state index in [1.54, 1.807) is 18.2 Å². The van der Waals surface area contributed by atoms with Crippen molar-refractivity contribution in [3.63, 3.8) is 0 Å². The number of benzene rings is 3. The second-order valence-corrected chi connectivity index (χ2v) is 9.10. The molecule has 1 fully saturated rings. The summed E-state index contributed by atoms with van der Waals surface area (Å²) in [5.74, 6) is -0.207. The highest BCUT2D eigenvalue weighted by atomic mass is 35.5. The number of rotatable bonds is 7. The van der Waals surface area contributed by atoms with Gasteiger partial charge in [0.15, 0.2) is 0 Å². The first-order chi connectivity index (χ1) is 16.0. The normalized spacial score (nSPS) is 15.2. The minimum atomic E-state index is -0.223. The zero-order valence-corrected chi connectivity index (χ0v) is 19.8. The van der Waals surface area contributed by atoms with Crippen LogP contribution in [0.25, 0.3) is 10.8 Å². The molecular formula is C26H26Cl2N4O. The summed E-state index contributed by atoms with van der Waals surface area (Å²) in [7, 11) is 0. The Morgan fingerprint density at radius 3 is 2.64 bits per heavy atom. The van der Waals surface area contributed by atoms with E-state index in [1.165, 1.54) is 0 Å². The van der Waals surface area contributed by atoms with Crippen molar-refractivity contribution in [3.8, 4) is 6.07 Å². The Bertz CT molecular complexity index is 1180. The molecule has 33 heavy (non-hydrogen) atoms. The third-order valence-corrected chi connectivity index (χ3v) is 6.80. The molecule has 0 spiro atoms. The Morgan fingerprint density at radius 1 is 1.09 bits per heavy atom. The Labute approximate surface area is 204 Å². The van der Waals surface area contributed by atoms with Crippen molar-refractivity contribution >= 4 is 39.9 Å². The number of piperazine rings is 1. The monoisotopic (exact) mass is 480 g/mol. The molecule has 1 saturated heterocycles. The third-order valence-electron chi connectivity index (χ3n) is 6.06. The Hall–Kier alpha value is -2.62. The smallest absolute Gasteiger partial charge is 0.252 e. The van der Waals surface area contributed by atoms with Crippen LogP contribution >= 0.6 is 23.2 Å². The molecule has 0 saturated carbocycles. The third kappa shape index (κ3) is 5.85. The zero-order valence-electron chi connectivity index (χ0n) is 18.3. The SMILES string of the molecule is N#Cc1cc(C(=O)NC(CCCN2CCNCC2)c2ccc(Cl)c(Cl)c2)c2ccccc2c1. The van der Waals surface area contributed by atoms with E-state index in [0.29, 0.717) is 21.2 Å². The van der Waals surface area contributed by atoms with Gasteiger partial charge in [0.05, 0.1) is 27.7 Å². The molecule has 0 aromatic heterocycles. The molecule has 2 N–H and O–H groups in total. The molecule has 7 heteroatoms. The van der Waals surface area contributed by atoms with Crippen LogP contribution in [0, 0.1) is 11.3 Å². The molecule has 4 rings (SSSR count). The first-order valence-electron chi connectivity index (χ1n) is 11.2. The van der Waals surface area contributed by atoms with Gasteiger partial charge >= 0.3 is 0 Å². The average Bonchev–Trinajstić information content (AvgIpc) is 2.85. The Balaban J connectivity index is 1.57. The molecule has 0 bridgehead atoms. The van der Waals surface area contributed by atoms with E-state index in [9.17, 15) is 10.1 Å². The second kappa shape index (κ2) is 11.0. The number of hydrogen-bond acceptors (Lipinski definition) is 4. The van der Waals surface area contributed by atoms with E-state index in [0.717, 1.165) is 61.9 Å². The number of nitrogens with one attached hydrogen (secondary N) is 2. The highest BCUT2D eigenvalue weighted by Gasteiger charge is 2.20. The lowest BCUT2D eigenvalue weighted by atomic mass is 9.98. The zero-order chi connectivity index (χ0) is 23.2. The lowest BCUT2D eigenvalue weighted by molar-refractivity contribution is 0.0934. The van der Waals surface area contributed by atoms with Crippen LogP contribution in [0.3, 0.4) is 0 Å². The summed E-state index contributed by atoms with van der Waals surface area (Å²) in [6.45, 7) is 5.07. The van der Waals surface area contributed by atoms with Crippen molar-refractivity contribution in [1.29, 1.82) is 5.26 Å². The van der Waals surface area contributed by atoms with Gasteiger partial charge in [-0.2, -0.15) is 5.26 Å². The fraction of sp³-hybridized carbons (Fsp3) is 0.308. The number of nitrogens with zero attached hydrogens (tertiary/aromatic N) is 2. The van der Waals surface area contributed by atoms with Gasteiger partial charge in [-0.1, -0.05) is 53.5 Å². The second-order valence-electron chi connectivity index (χ2n) is 8.29. The maximum Gasteiger partial charge on any atom is 0.252 e. The van der Waals surface area contributed by atoms with Gasteiger partial charge in [0.1, 0.15) is 0 Å². The molecule has 0 radical (unpaired) electrons. The number of carbonyl (C=O) groups is 1. The summed E-state index contributed by atoms with van der Waals surface area (Å²) in [5, 5.41) is 18.6. The van der Waals surface area contributed by atoms with Gasteiger partial charge in [-0.05, 0) is 60.0 Å². The molecule has 3 aromatic carbocycles.